The van der Waals surface area contributed by atoms with Gasteiger partial charge in [-0.15, -0.1) is 0 Å². The van der Waals surface area contributed by atoms with Crippen LogP contribution in [0.1, 0.15) is 55.5 Å². The molecular formula is C33H36FN5. The van der Waals surface area contributed by atoms with E-state index >= 15 is 0 Å². The lowest BCUT2D eigenvalue weighted by molar-refractivity contribution is 0.331. The van der Waals surface area contributed by atoms with Crippen LogP contribution >= 0.6 is 0 Å². The van der Waals surface area contributed by atoms with Crippen LogP contribution in [0.2, 0.25) is 0 Å². The molecule has 1 fully saturated rings. The first-order valence-corrected chi connectivity index (χ1v) is 13.6. The average Bonchev–Trinajstić information content (AvgIpc) is 3.44. The fourth-order valence-corrected chi connectivity index (χ4v) is 5.27. The van der Waals surface area contributed by atoms with E-state index in [0.29, 0.717) is 23.4 Å². The predicted octanol–water partition coefficient (Wildman–Crippen LogP) is 7.19. The van der Waals surface area contributed by atoms with E-state index in [4.69, 9.17) is 5.41 Å². The van der Waals surface area contributed by atoms with Gasteiger partial charge in [0.05, 0.1) is 23.3 Å². The van der Waals surface area contributed by atoms with Crippen LogP contribution in [-0.2, 0) is 13.0 Å². The lowest BCUT2D eigenvalue weighted by Crippen LogP contribution is -2.26. The van der Waals surface area contributed by atoms with Gasteiger partial charge in [0.25, 0.3) is 0 Å². The minimum Gasteiger partial charge on any atom is -0.353 e. The SMILES string of the molecule is C=C(Nc1ccc(Cc2ccccc2F)nc1)C(=N)C1=CC(c2cncc(CN3CCCC3)c2)=CCC1(C)C. The maximum Gasteiger partial charge on any atom is 0.126 e. The zero-order valence-corrected chi connectivity index (χ0v) is 22.8. The molecule has 0 unspecified atom stereocenters. The van der Waals surface area contributed by atoms with E-state index in [2.05, 4.69) is 58.8 Å². The van der Waals surface area contributed by atoms with Crippen molar-refractivity contribution in [3.63, 3.8) is 0 Å². The molecule has 5 rings (SSSR count). The van der Waals surface area contributed by atoms with Gasteiger partial charge in [-0.25, -0.2) is 4.39 Å². The van der Waals surface area contributed by atoms with Gasteiger partial charge in [0.2, 0.25) is 0 Å². The summed E-state index contributed by atoms with van der Waals surface area (Å²) in [7, 11) is 0. The zero-order chi connectivity index (χ0) is 27.4. The van der Waals surface area contributed by atoms with Crippen molar-refractivity contribution < 1.29 is 4.39 Å². The number of nitrogens with zero attached hydrogens (tertiary/aromatic N) is 3. The van der Waals surface area contributed by atoms with E-state index in [9.17, 15) is 4.39 Å². The number of allylic oxidation sites excluding steroid dienone is 4. The molecule has 1 aliphatic carbocycles. The third-order valence-electron chi connectivity index (χ3n) is 7.61. The van der Waals surface area contributed by atoms with Crippen LogP contribution in [0, 0.1) is 16.6 Å². The molecule has 0 radical (unpaired) electrons. The zero-order valence-electron chi connectivity index (χ0n) is 22.8. The first-order valence-electron chi connectivity index (χ1n) is 13.6. The van der Waals surface area contributed by atoms with Gasteiger partial charge in [-0.1, -0.05) is 44.7 Å². The van der Waals surface area contributed by atoms with Gasteiger partial charge in [0.15, 0.2) is 0 Å². The van der Waals surface area contributed by atoms with Gasteiger partial charge in [-0.3, -0.25) is 20.3 Å². The fourth-order valence-electron chi connectivity index (χ4n) is 5.27. The van der Waals surface area contributed by atoms with Crippen molar-refractivity contribution in [1.82, 2.24) is 14.9 Å². The molecule has 2 aromatic heterocycles. The molecule has 1 aromatic carbocycles. The van der Waals surface area contributed by atoms with E-state index in [1.807, 2.05) is 30.6 Å². The van der Waals surface area contributed by atoms with Crippen molar-refractivity contribution >= 4 is 17.0 Å². The Morgan fingerprint density at radius 1 is 1.10 bits per heavy atom. The number of aromatic nitrogens is 2. The number of nitrogens with one attached hydrogen (secondary N) is 2. The predicted molar refractivity (Wildman–Crippen MR) is 157 cm³/mol. The quantitative estimate of drug-likeness (QED) is 0.293. The monoisotopic (exact) mass is 521 g/mol. The Bertz CT molecular complexity index is 1430. The normalized spacial score (nSPS) is 16.9. The van der Waals surface area contributed by atoms with Gasteiger partial charge in [0.1, 0.15) is 5.82 Å². The first kappa shape index (κ1) is 26.7. The number of anilines is 1. The molecule has 0 bridgehead atoms. The van der Waals surface area contributed by atoms with Crippen LogP contribution in [0.15, 0.2) is 91.1 Å². The average molecular weight is 522 g/mol. The van der Waals surface area contributed by atoms with Crippen molar-refractivity contribution in [3.8, 4) is 0 Å². The van der Waals surface area contributed by atoms with Crippen molar-refractivity contribution in [2.75, 3.05) is 18.4 Å². The molecule has 1 saturated heterocycles. The summed E-state index contributed by atoms with van der Waals surface area (Å²) in [5, 5.41) is 12.3. The number of halogens is 1. The maximum absolute atomic E-state index is 14.0. The Hall–Kier alpha value is -3.90. The van der Waals surface area contributed by atoms with Crippen LogP contribution in [-0.4, -0.2) is 33.7 Å². The Labute approximate surface area is 230 Å². The Morgan fingerprint density at radius 2 is 1.90 bits per heavy atom. The number of hydrogen-bond donors (Lipinski definition) is 2. The summed E-state index contributed by atoms with van der Waals surface area (Å²) in [5.41, 5.74) is 7.16. The lowest BCUT2D eigenvalue weighted by atomic mass is 9.73. The van der Waals surface area contributed by atoms with Gasteiger partial charge in [-0.2, -0.15) is 0 Å². The molecule has 0 atom stereocenters. The van der Waals surface area contributed by atoms with Gasteiger partial charge in [-0.05, 0) is 90.4 Å². The molecule has 39 heavy (non-hydrogen) atoms. The van der Waals surface area contributed by atoms with Crippen LogP contribution in [0.3, 0.4) is 0 Å². The highest BCUT2D eigenvalue weighted by molar-refractivity contribution is 6.13. The molecule has 3 heterocycles. The molecule has 3 aromatic rings. The van der Waals surface area contributed by atoms with Gasteiger partial charge >= 0.3 is 0 Å². The molecule has 6 heteroatoms. The highest BCUT2D eigenvalue weighted by atomic mass is 19.1. The highest BCUT2D eigenvalue weighted by Crippen LogP contribution is 2.40. The fraction of sp³-hybridized carbons (Fsp3) is 0.303. The molecule has 1 aliphatic heterocycles. The van der Waals surface area contributed by atoms with E-state index in [-0.39, 0.29) is 11.2 Å². The number of benzene rings is 1. The molecule has 0 spiro atoms. The second kappa shape index (κ2) is 11.5. The topological polar surface area (TPSA) is 64.9 Å². The molecule has 2 N–H and O–H groups in total. The van der Waals surface area contributed by atoms with Gasteiger partial charge in [0, 0.05) is 36.6 Å². The van der Waals surface area contributed by atoms with Crippen LogP contribution < -0.4 is 5.32 Å². The minimum atomic E-state index is -0.228. The third-order valence-corrected chi connectivity index (χ3v) is 7.61. The summed E-state index contributed by atoms with van der Waals surface area (Å²) in [6.07, 6.45) is 13.7. The molecule has 2 aliphatic rings. The number of likely N-dealkylation sites (tertiary alicyclic amines) is 1. The Morgan fingerprint density at radius 3 is 2.64 bits per heavy atom. The molecule has 200 valence electrons. The number of hydrogen-bond acceptors (Lipinski definition) is 5. The molecular weight excluding hydrogens is 485 g/mol. The van der Waals surface area contributed by atoms with Crippen molar-refractivity contribution in [3.05, 3.63) is 119 Å². The third kappa shape index (κ3) is 6.40. The number of rotatable bonds is 9. The van der Waals surface area contributed by atoms with Crippen molar-refractivity contribution in [1.29, 1.82) is 5.41 Å². The molecule has 0 saturated carbocycles. The Balaban J connectivity index is 1.28. The summed E-state index contributed by atoms with van der Waals surface area (Å²) >= 11 is 0. The number of pyridine rings is 2. The second-order valence-corrected chi connectivity index (χ2v) is 11.2. The lowest BCUT2D eigenvalue weighted by Gasteiger charge is -2.32. The highest BCUT2D eigenvalue weighted by Gasteiger charge is 2.30. The van der Waals surface area contributed by atoms with Crippen molar-refractivity contribution in [2.24, 2.45) is 5.41 Å². The standard InChI is InChI=1S/C33H36FN5/c1-23(38-29-11-10-28(37-21-29)17-26-8-4-5-9-31(26)34)32(35)30-18-25(12-13-33(30,2)3)27-16-24(19-36-20-27)22-39-14-6-7-15-39/h4-5,8-12,16,18-21,35,38H,1,6-7,13-15,17,22H2,2-3H3. The van der Waals surface area contributed by atoms with Gasteiger partial charge < -0.3 is 5.32 Å². The minimum absolute atomic E-state index is 0.201. The largest absolute Gasteiger partial charge is 0.353 e. The van der Waals surface area contributed by atoms with Crippen molar-refractivity contribution in [2.45, 2.75) is 46.1 Å². The second-order valence-electron chi connectivity index (χ2n) is 11.2. The maximum atomic E-state index is 14.0. The van der Waals surface area contributed by atoms with E-state index in [1.165, 1.54) is 24.5 Å². The summed E-state index contributed by atoms with van der Waals surface area (Å²) in [6.45, 7) is 11.7. The summed E-state index contributed by atoms with van der Waals surface area (Å²) in [6, 6.07) is 12.7. The molecule has 0 amide bonds. The summed E-state index contributed by atoms with van der Waals surface area (Å²) in [5.74, 6) is -0.228. The smallest absolute Gasteiger partial charge is 0.126 e. The van der Waals surface area contributed by atoms with E-state index in [0.717, 1.165) is 54.1 Å². The van der Waals surface area contributed by atoms with E-state index in [1.54, 1.807) is 18.3 Å². The summed E-state index contributed by atoms with van der Waals surface area (Å²) in [4.78, 5) is 11.5. The van der Waals surface area contributed by atoms with Crippen LogP contribution in [0.25, 0.3) is 5.57 Å². The van der Waals surface area contributed by atoms with Crippen LogP contribution in [0.5, 0.6) is 0 Å². The first-order chi connectivity index (χ1) is 18.8. The van der Waals surface area contributed by atoms with Crippen LogP contribution in [0.4, 0.5) is 10.1 Å². The molecule has 5 nitrogen and oxygen atoms in total. The van der Waals surface area contributed by atoms with E-state index < -0.39 is 0 Å². The Kier molecular flexibility index (Phi) is 7.84. The summed E-state index contributed by atoms with van der Waals surface area (Å²) < 4.78 is 14.0.